The predicted octanol–water partition coefficient (Wildman–Crippen LogP) is 3.15. The van der Waals surface area contributed by atoms with E-state index in [4.69, 9.17) is 0 Å². The Morgan fingerprint density at radius 2 is 1.87 bits per heavy atom. The Kier molecular flexibility index (Phi) is 6.77. The molecule has 2 aromatic rings. The first-order valence-electron chi connectivity index (χ1n) is 7.81. The predicted molar refractivity (Wildman–Crippen MR) is 94.4 cm³/mol. The second-order valence-electron chi connectivity index (χ2n) is 5.38. The smallest absolute Gasteiger partial charge is 0.250 e. The minimum Gasteiger partial charge on any atom is -0.396 e. The Morgan fingerprint density at radius 3 is 2.48 bits per heavy atom. The van der Waals surface area contributed by atoms with E-state index in [1.165, 1.54) is 11.3 Å². The number of nitrogens with one attached hydrogen (secondary N) is 1. The molecular weight excluding hydrogens is 330 g/mol. The first-order chi connectivity index (χ1) is 11.1. The second kappa shape index (κ2) is 8.59. The van der Waals surface area contributed by atoms with Crippen molar-refractivity contribution in [2.24, 2.45) is 0 Å². The molecular formula is C17H23NO3S2. The highest BCUT2D eigenvalue weighted by Gasteiger charge is 2.17. The summed E-state index contributed by atoms with van der Waals surface area (Å²) in [6.07, 6.45) is 2.13. The molecule has 6 heteroatoms. The largest absolute Gasteiger partial charge is 0.396 e. The van der Waals surface area contributed by atoms with Crippen LogP contribution in [0.2, 0.25) is 0 Å². The van der Waals surface area contributed by atoms with Crippen LogP contribution >= 0.6 is 11.3 Å². The van der Waals surface area contributed by atoms with Gasteiger partial charge in [-0.2, -0.15) is 0 Å². The van der Waals surface area contributed by atoms with Crippen molar-refractivity contribution in [3.63, 3.8) is 0 Å². The summed E-state index contributed by atoms with van der Waals surface area (Å²) >= 11 is 1.31. The third-order valence-corrected chi connectivity index (χ3v) is 6.97. The van der Waals surface area contributed by atoms with Crippen LogP contribution in [0.4, 0.5) is 0 Å². The van der Waals surface area contributed by atoms with Crippen molar-refractivity contribution >= 4 is 21.4 Å². The molecule has 1 aromatic heterocycles. The molecule has 0 spiro atoms. The van der Waals surface area contributed by atoms with Gasteiger partial charge in [-0.3, -0.25) is 0 Å². The Morgan fingerprint density at radius 1 is 1.13 bits per heavy atom. The fourth-order valence-electron chi connectivity index (χ4n) is 2.49. The second-order valence-corrected chi connectivity index (χ2v) is 8.54. The summed E-state index contributed by atoms with van der Waals surface area (Å²) in [5, 5.41) is 9.23. The first-order valence-corrected chi connectivity index (χ1v) is 10.1. The molecule has 1 aromatic carbocycles. The van der Waals surface area contributed by atoms with Crippen LogP contribution in [0.15, 0.2) is 46.7 Å². The van der Waals surface area contributed by atoms with Gasteiger partial charge in [0.25, 0.3) is 0 Å². The van der Waals surface area contributed by atoms with Gasteiger partial charge in [0.15, 0.2) is 0 Å². The zero-order chi connectivity index (χ0) is 16.7. The number of benzene rings is 1. The van der Waals surface area contributed by atoms with E-state index in [1.54, 1.807) is 6.07 Å². The van der Waals surface area contributed by atoms with Crippen molar-refractivity contribution in [3.8, 4) is 0 Å². The van der Waals surface area contributed by atoms with Crippen LogP contribution in [-0.2, 0) is 16.4 Å². The van der Waals surface area contributed by atoms with Crippen LogP contribution < -0.4 is 4.72 Å². The molecule has 2 N–H and O–H groups in total. The van der Waals surface area contributed by atoms with Gasteiger partial charge in [0.2, 0.25) is 10.0 Å². The summed E-state index contributed by atoms with van der Waals surface area (Å²) in [6, 6.07) is 13.4. The number of aliphatic hydroxyl groups is 1. The SMILES string of the molecule is CCc1ccc(S(=O)(=O)NCCC(CCO)c2ccccc2)s1. The normalized spacial score (nSPS) is 13.1. The summed E-state index contributed by atoms with van der Waals surface area (Å²) in [4.78, 5) is 1.06. The molecule has 1 heterocycles. The maximum Gasteiger partial charge on any atom is 0.250 e. The zero-order valence-corrected chi connectivity index (χ0v) is 14.9. The number of aliphatic hydroxyl groups excluding tert-OH is 1. The lowest BCUT2D eigenvalue weighted by molar-refractivity contribution is 0.273. The zero-order valence-electron chi connectivity index (χ0n) is 13.2. The molecule has 2 rings (SSSR count). The highest BCUT2D eigenvalue weighted by atomic mass is 32.2. The van der Waals surface area contributed by atoms with Crippen LogP contribution in [0.5, 0.6) is 0 Å². The molecule has 4 nitrogen and oxygen atoms in total. The maximum atomic E-state index is 12.3. The molecule has 1 unspecified atom stereocenters. The van der Waals surface area contributed by atoms with E-state index in [-0.39, 0.29) is 12.5 Å². The lowest BCUT2D eigenvalue weighted by Gasteiger charge is -2.16. The van der Waals surface area contributed by atoms with E-state index in [2.05, 4.69) is 4.72 Å². The number of aryl methyl sites for hydroxylation is 1. The molecule has 0 amide bonds. The molecule has 126 valence electrons. The van der Waals surface area contributed by atoms with E-state index in [1.807, 2.05) is 43.3 Å². The Balaban J connectivity index is 1.96. The molecule has 0 aliphatic rings. The molecule has 23 heavy (non-hydrogen) atoms. The van der Waals surface area contributed by atoms with Gasteiger partial charge in [0.05, 0.1) is 0 Å². The van der Waals surface area contributed by atoms with Crippen molar-refractivity contribution in [1.29, 1.82) is 0 Å². The number of rotatable bonds is 9. The van der Waals surface area contributed by atoms with E-state index in [0.29, 0.717) is 23.6 Å². The molecule has 0 radical (unpaired) electrons. The summed E-state index contributed by atoms with van der Waals surface area (Å²) < 4.78 is 27.6. The highest BCUT2D eigenvalue weighted by Crippen LogP contribution is 2.24. The third-order valence-electron chi connectivity index (χ3n) is 3.78. The fraction of sp³-hybridized carbons (Fsp3) is 0.412. The monoisotopic (exact) mass is 353 g/mol. The average Bonchev–Trinajstić information content (AvgIpc) is 3.05. The minimum absolute atomic E-state index is 0.0943. The van der Waals surface area contributed by atoms with Crippen molar-refractivity contribution in [1.82, 2.24) is 4.72 Å². The average molecular weight is 354 g/mol. The van der Waals surface area contributed by atoms with Gasteiger partial charge in [-0.05, 0) is 42.9 Å². The summed E-state index contributed by atoms with van der Waals surface area (Å²) in [5.41, 5.74) is 1.13. The van der Waals surface area contributed by atoms with Gasteiger partial charge in [-0.1, -0.05) is 37.3 Å². The van der Waals surface area contributed by atoms with Gasteiger partial charge >= 0.3 is 0 Å². The molecule has 0 aliphatic heterocycles. The Bertz CT molecular complexity index is 696. The number of thiophene rings is 1. The van der Waals surface area contributed by atoms with Gasteiger partial charge in [-0.15, -0.1) is 11.3 Å². The van der Waals surface area contributed by atoms with Crippen molar-refractivity contribution in [2.45, 2.75) is 36.3 Å². The van der Waals surface area contributed by atoms with Gasteiger partial charge in [-0.25, -0.2) is 13.1 Å². The highest BCUT2D eigenvalue weighted by molar-refractivity contribution is 7.91. The van der Waals surface area contributed by atoms with Crippen LogP contribution in [0.25, 0.3) is 0 Å². The van der Waals surface area contributed by atoms with Crippen molar-refractivity contribution in [2.75, 3.05) is 13.2 Å². The van der Waals surface area contributed by atoms with E-state index >= 15 is 0 Å². The van der Waals surface area contributed by atoms with Gasteiger partial charge in [0, 0.05) is 18.0 Å². The molecule has 0 bridgehead atoms. The van der Waals surface area contributed by atoms with Gasteiger partial charge in [0.1, 0.15) is 4.21 Å². The van der Waals surface area contributed by atoms with Gasteiger partial charge < -0.3 is 5.11 Å². The van der Waals surface area contributed by atoms with Crippen LogP contribution in [0.3, 0.4) is 0 Å². The molecule has 1 atom stereocenters. The molecule has 0 fully saturated rings. The van der Waals surface area contributed by atoms with Crippen molar-refractivity contribution in [3.05, 3.63) is 52.9 Å². The fourth-order valence-corrected chi connectivity index (χ4v) is 4.88. The van der Waals surface area contributed by atoms with E-state index in [9.17, 15) is 13.5 Å². The number of hydrogen-bond donors (Lipinski definition) is 2. The van der Waals surface area contributed by atoms with Crippen molar-refractivity contribution < 1.29 is 13.5 Å². The lowest BCUT2D eigenvalue weighted by atomic mass is 9.93. The molecule has 0 aliphatic carbocycles. The maximum absolute atomic E-state index is 12.3. The number of hydrogen-bond acceptors (Lipinski definition) is 4. The summed E-state index contributed by atoms with van der Waals surface area (Å²) in [5.74, 6) is 0.151. The first kappa shape index (κ1) is 18.1. The minimum atomic E-state index is -3.44. The molecule has 0 saturated carbocycles. The van der Waals surface area contributed by atoms with E-state index < -0.39 is 10.0 Å². The summed E-state index contributed by atoms with van der Waals surface area (Å²) in [7, 11) is -3.44. The Labute approximate surface area is 142 Å². The quantitative estimate of drug-likeness (QED) is 0.728. The Hall–Kier alpha value is -1.21. The topological polar surface area (TPSA) is 66.4 Å². The third kappa shape index (κ3) is 5.14. The van der Waals surface area contributed by atoms with Crippen LogP contribution in [0, 0.1) is 0 Å². The number of sulfonamides is 1. The lowest BCUT2D eigenvalue weighted by Crippen LogP contribution is -2.25. The van der Waals surface area contributed by atoms with Crippen LogP contribution in [-0.4, -0.2) is 26.7 Å². The van der Waals surface area contributed by atoms with E-state index in [0.717, 1.165) is 16.9 Å². The molecule has 0 saturated heterocycles. The summed E-state index contributed by atoms with van der Waals surface area (Å²) in [6.45, 7) is 2.47. The van der Waals surface area contributed by atoms with Crippen LogP contribution in [0.1, 0.15) is 36.1 Å². The standard InChI is InChI=1S/C17H23NO3S2/c1-2-16-8-9-17(22-16)23(20,21)18-12-10-15(11-13-19)14-6-4-3-5-7-14/h3-9,15,18-19H,2,10-13H2,1H3.